The number of carboxylic acids is 1. The molecule has 1 heterocycles. The average molecular weight is 229 g/mol. The predicted molar refractivity (Wildman–Crippen MR) is 58.1 cm³/mol. The summed E-state index contributed by atoms with van der Waals surface area (Å²) in [6.45, 7) is 5.89. The number of carboxylic acid groups (broad SMARTS) is 1. The molecule has 0 radical (unpaired) electrons. The minimum Gasteiger partial charge on any atom is -0.479 e. The third-order valence-corrected chi connectivity index (χ3v) is 3.20. The molecule has 0 saturated carbocycles. The second kappa shape index (κ2) is 4.82. The van der Waals surface area contributed by atoms with Gasteiger partial charge in [-0.05, 0) is 13.3 Å². The van der Waals surface area contributed by atoms with Gasteiger partial charge in [0.25, 0.3) is 0 Å². The Bertz CT molecular complexity index is 292. The zero-order valence-corrected chi connectivity index (χ0v) is 10.0. The van der Waals surface area contributed by atoms with Crippen molar-refractivity contribution >= 4 is 11.9 Å². The molecule has 1 aliphatic heterocycles. The van der Waals surface area contributed by atoms with Crippen LogP contribution in [0.4, 0.5) is 0 Å². The van der Waals surface area contributed by atoms with Gasteiger partial charge < -0.3 is 14.7 Å². The molecule has 1 fully saturated rings. The summed E-state index contributed by atoms with van der Waals surface area (Å²) in [6, 6.07) is 0. The normalized spacial score (nSPS) is 29.1. The average Bonchev–Trinajstić information content (AvgIpc) is 2.57. The fraction of sp³-hybridized carbons (Fsp3) is 0.818. The first kappa shape index (κ1) is 13.0. The topological polar surface area (TPSA) is 66.8 Å². The molecule has 16 heavy (non-hydrogen) atoms. The largest absolute Gasteiger partial charge is 0.479 e. The van der Waals surface area contributed by atoms with Gasteiger partial charge in [0.1, 0.15) is 0 Å². The Balaban J connectivity index is 3.08. The van der Waals surface area contributed by atoms with Crippen molar-refractivity contribution in [2.75, 3.05) is 13.2 Å². The lowest BCUT2D eigenvalue weighted by atomic mass is 9.89. The van der Waals surface area contributed by atoms with Gasteiger partial charge in [0.15, 0.2) is 5.54 Å². The molecule has 0 spiro atoms. The first-order valence-electron chi connectivity index (χ1n) is 5.60. The first-order valence-corrected chi connectivity index (χ1v) is 5.60. The quantitative estimate of drug-likeness (QED) is 0.777. The number of nitrogens with zero attached hydrogens (tertiary/aromatic N) is 1. The third kappa shape index (κ3) is 1.91. The second-order valence-electron chi connectivity index (χ2n) is 4.16. The van der Waals surface area contributed by atoms with E-state index < -0.39 is 17.6 Å². The molecule has 1 rings (SSSR count). The van der Waals surface area contributed by atoms with E-state index in [0.717, 1.165) is 6.42 Å². The Morgan fingerprint density at radius 3 is 2.50 bits per heavy atom. The lowest BCUT2D eigenvalue weighted by molar-refractivity contribution is -0.162. The fourth-order valence-corrected chi connectivity index (χ4v) is 2.34. The molecular formula is C11H19NO4. The molecule has 0 bridgehead atoms. The highest BCUT2D eigenvalue weighted by Crippen LogP contribution is 2.33. The number of carbonyl (C=O) groups excluding carboxylic acids is 1. The number of rotatable bonds is 4. The lowest BCUT2D eigenvalue weighted by Crippen LogP contribution is -2.60. The minimum atomic E-state index is -1.18. The predicted octanol–water partition coefficient (Wildman–Crippen LogP) is 0.877. The molecule has 1 N–H and O–H groups in total. The zero-order valence-electron chi connectivity index (χ0n) is 10.0. The van der Waals surface area contributed by atoms with Crippen LogP contribution >= 0.6 is 0 Å². The molecule has 1 aliphatic rings. The van der Waals surface area contributed by atoms with Crippen molar-refractivity contribution in [1.29, 1.82) is 0 Å². The second-order valence-corrected chi connectivity index (χ2v) is 4.16. The molecule has 0 aromatic heterocycles. The molecule has 2 atom stereocenters. The lowest BCUT2D eigenvalue weighted by Gasteiger charge is -2.39. The zero-order chi connectivity index (χ0) is 12.3. The van der Waals surface area contributed by atoms with Gasteiger partial charge in [0.05, 0.1) is 6.10 Å². The maximum absolute atomic E-state index is 11.6. The summed E-state index contributed by atoms with van der Waals surface area (Å²) < 4.78 is 5.33. The van der Waals surface area contributed by atoms with Crippen molar-refractivity contribution in [3.8, 4) is 0 Å². The first-order chi connectivity index (χ1) is 7.46. The van der Waals surface area contributed by atoms with Gasteiger partial charge in [-0.15, -0.1) is 0 Å². The van der Waals surface area contributed by atoms with Crippen molar-refractivity contribution in [3.05, 3.63) is 0 Å². The molecule has 1 saturated heterocycles. The van der Waals surface area contributed by atoms with Gasteiger partial charge in [0.2, 0.25) is 5.91 Å². The van der Waals surface area contributed by atoms with E-state index in [2.05, 4.69) is 0 Å². The number of hydrogen-bond acceptors (Lipinski definition) is 3. The summed E-state index contributed by atoms with van der Waals surface area (Å²) in [7, 11) is 0. The van der Waals surface area contributed by atoms with Gasteiger partial charge in [-0.2, -0.15) is 0 Å². The molecule has 0 aromatic carbocycles. The molecule has 5 nitrogen and oxygen atoms in total. The fourth-order valence-electron chi connectivity index (χ4n) is 2.34. The van der Waals surface area contributed by atoms with Crippen LogP contribution in [0.2, 0.25) is 0 Å². The highest BCUT2D eigenvalue weighted by Gasteiger charge is 2.53. The summed E-state index contributed by atoms with van der Waals surface area (Å²) in [5.41, 5.74) is -1.18. The Kier molecular flexibility index (Phi) is 3.91. The molecule has 5 heteroatoms. The van der Waals surface area contributed by atoms with E-state index in [-0.39, 0.29) is 5.91 Å². The molecule has 2 unspecified atom stereocenters. The van der Waals surface area contributed by atoms with Gasteiger partial charge >= 0.3 is 5.97 Å². The van der Waals surface area contributed by atoms with E-state index >= 15 is 0 Å². The Labute approximate surface area is 95.4 Å². The highest BCUT2D eigenvalue weighted by molar-refractivity contribution is 5.87. The number of hydrogen-bond donors (Lipinski definition) is 1. The van der Waals surface area contributed by atoms with Gasteiger partial charge in [-0.25, -0.2) is 4.79 Å². The van der Waals surface area contributed by atoms with E-state index in [1.165, 1.54) is 11.8 Å². The third-order valence-electron chi connectivity index (χ3n) is 3.20. The van der Waals surface area contributed by atoms with Crippen molar-refractivity contribution in [3.63, 3.8) is 0 Å². The van der Waals surface area contributed by atoms with Gasteiger partial charge in [0, 0.05) is 26.5 Å². The van der Waals surface area contributed by atoms with E-state index in [1.807, 2.05) is 6.92 Å². The summed E-state index contributed by atoms with van der Waals surface area (Å²) in [4.78, 5) is 24.5. The number of amides is 1. The van der Waals surface area contributed by atoms with Crippen LogP contribution < -0.4 is 0 Å². The molecule has 0 aromatic rings. The smallest absolute Gasteiger partial charge is 0.332 e. The Morgan fingerprint density at radius 2 is 2.19 bits per heavy atom. The van der Waals surface area contributed by atoms with Crippen LogP contribution in [0.25, 0.3) is 0 Å². The van der Waals surface area contributed by atoms with Crippen molar-refractivity contribution < 1.29 is 19.4 Å². The van der Waals surface area contributed by atoms with Crippen LogP contribution in [0, 0.1) is 0 Å². The van der Waals surface area contributed by atoms with Crippen LogP contribution in [0.3, 0.4) is 0 Å². The monoisotopic (exact) mass is 229 g/mol. The minimum absolute atomic E-state index is 0.207. The van der Waals surface area contributed by atoms with Crippen LogP contribution in [-0.4, -0.2) is 46.7 Å². The van der Waals surface area contributed by atoms with Crippen LogP contribution in [0.1, 0.15) is 33.6 Å². The van der Waals surface area contributed by atoms with Gasteiger partial charge in [-0.3, -0.25) is 4.79 Å². The van der Waals surface area contributed by atoms with Crippen LogP contribution in [0.15, 0.2) is 0 Å². The maximum atomic E-state index is 11.6. The Morgan fingerprint density at radius 1 is 1.56 bits per heavy atom. The highest BCUT2D eigenvalue weighted by atomic mass is 16.5. The van der Waals surface area contributed by atoms with Crippen molar-refractivity contribution in [2.24, 2.45) is 0 Å². The van der Waals surface area contributed by atoms with E-state index in [4.69, 9.17) is 4.74 Å². The summed E-state index contributed by atoms with van der Waals surface area (Å²) in [5, 5.41) is 9.41. The number of carbonyl (C=O) groups is 2. The van der Waals surface area contributed by atoms with E-state index in [1.54, 1.807) is 6.92 Å². The van der Waals surface area contributed by atoms with Crippen molar-refractivity contribution in [2.45, 2.75) is 45.3 Å². The molecular weight excluding hydrogens is 210 g/mol. The Hall–Kier alpha value is -1.10. The van der Waals surface area contributed by atoms with Crippen molar-refractivity contribution in [1.82, 2.24) is 4.90 Å². The van der Waals surface area contributed by atoms with Crippen LogP contribution in [-0.2, 0) is 14.3 Å². The van der Waals surface area contributed by atoms with E-state index in [9.17, 15) is 14.7 Å². The number of ether oxygens (including phenoxy) is 1. The molecule has 1 amide bonds. The number of aliphatic carboxylic acids is 1. The maximum Gasteiger partial charge on any atom is 0.332 e. The summed E-state index contributed by atoms with van der Waals surface area (Å²) >= 11 is 0. The molecule has 92 valence electrons. The van der Waals surface area contributed by atoms with Crippen LogP contribution in [0.5, 0.6) is 0 Å². The summed E-state index contributed by atoms with van der Waals surface area (Å²) in [6.07, 6.45) is 0.644. The molecule has 0 aliphatic carbocycles. The van der Waals surface area contributed by atoms with Gasteiger partial charge in [-0.1, -0.05) is 6.92 Å². The standard InChI is InChI=1S/C11H19NO4/c1-4-6-12(9(3)13)11(10(14)15)5-7-16-8(11)2/h8H,4-7H2,1-3H3,(H,14,15). The summed E-state index contributed by atoms with van der Waals surface area (Å²) in [5.74, 6) is -1.18. The van der Waals surface area contributed by atoms with E-state index in [0.29, 0.717) is 19.6 Å². The SMILES string of the molecule is CCCN(C(C)=O)C1(C(=O)O)CCOC1C.